The molecule has 2 heterocycles. The minimum absolute atomic E-state index is 0.487. The van der Waals surface area contributed by atoms with Crippen molar-refractivity contribution in [1.29, 1.82) is 0 Å². The molecule has 2 aliphatic heterocycles. The normalized spacial score (nSPS) is 40.2. The van der Waals surface area contributed by atoms with Gasteiger partial charge in [0.15, 0.2) is 18.0 Å². The summed E-state index contributed by atoms with van der Waals surface area (Å²) in [7, 11) is 1.39. The topological polar surface area (TPSA) is 94.5 Å². The Morgan fingerprint density at radius 2 is 2.06 bits per heavy atom. The van der Waals surface area contributed by atoms with Crippen molar-refractivity contribution in [2.24, 2.45) is 0 Å². The van der Waals surface area contributed by atoms with Crippen molar-refractivity contribution in [3.05, 3.63) is 0 Å². The van der Waals surface area contributed by atoms with Gasteiger partial charge in [0.1, 0.15) is 18.3 Å². The molecule has 0 aromatic carbocycles. The first-order valence-electron chi connectivity index (χ1n) is 5.77. The van der Waals surface area contributed by atoms with E-state index in [2.05, 4.69) is 0 Å². The Morgan fingerprint density at radius 1 is 1.39 bits per heavy atom. The molecule has 0 aliphatic carbocycles. The average Bonchev–Trinajstić information content (AvgIpc) is 2.61. The Morgan fingerprint density at radius 3 is 2.61 bits per heavy atom. The number of esters is 1. The number of fused-ring (bicyclic) bond motifs is 1. The maximum absolute atomic E-state index is 11.6. The average molecular weight is 262 g/mol. The molecule has 2 N–H and O–H groups in total. The molecule has 2 saturated heterocycles. The van der Waals surface area contributed by atoms with Gasteiger partial charge in [-0.2, -0.15) is 0 Å². The number of ether oxygens (including phenoxy) is 4. The van der Waals surface area contributed by atoms with E-state index in [1.165, 1.54) is 7.11 Å². The molecule has 7 nitrogen and oxygen atoms in total. The van der Waals surface area contributed by atoms with E-state index in [0.717, 1.165) is 0 Å². The molecule has 5 unspecified atom stereocenters. The van der Waals surface area contributed by atoms with Crippen LogP contribution in [0.4, 0.5) is 0 Å². The van der Waals surface area contributed by atoms with Gasteiger partial charge >= 0.3 is 5.97 Å². The predicted octanol–water partition coefficient (Wildman–Crippen LogP) is -1.20. The summed E-state index contributed by atoms with van der Waals surface area (Å²) in [5.41, 5.74) is 0. The summed E-state index contributed by atoms with van der Waals surface area (Å²) in [6, 6.07) is 0. The van der Waals surface area contributed by atoms with Crippen LogP contribution in [0.2, 0.25) is 0 Å². The Labute approximate surface area is 105 Å². The van der Waals surface area contributed by atoms with Crippen molar-refractivity contribution in [1.82, 2.24) is 0 Å². The number of hydrogen-bond acceptors (Lipinski definition) is 7. The highest BCUT2D eigenvalue weighted by Gasteiger charge is 2.57. The molecule has 18 heavy (non-hydrogen) atoms. The van der Waals surface area contributed by atoms with Gasteiger partial charge in [0, 0.05) is 7.11 Å². The van der Waals surface area contributed by atoms with Gasteiger partial charge < -0.3 is 29.2 Å². The second-order valence-corrected chi connectivity index (χ2v) is 4.87. The smallest absolute Gasteiger partial charge is 0.338 e. The van der Waals surface area contributed by atoms with Crippen LogP contribution in [0.1, 0.15) is 13.8 Å². The van der Waals surface area contributed by atoms with Crippen LogP contribution in [-0.4, -0.2) is 66.2 Å². The van der Waals surface area contributed by atoms with Crippen LogP contribution in [0.5, 0.6) is 0 Å². The lowest BCUT2D eigenvalue weighted by Gasteiger charge is -2.43. The quantitative estimate of drug-likeness (QED) is 0.617. The van der Waals surface area contributed by atoms with Gasteiger partial charge in [-0.25, -0.2) is 4.79 Å². The van der Waals surface area contributed by atoms with Gasteiger partial charge in [0.05, 0.1) is 6.61 Å². The molecule has 2 aliphatic rings. The molecule has 104 valence electrons. The standard InChI is InChI=1S/C11H18O7/c1-11(2)17-6(5(13)4-12)7-8(18-11)9(15-3)10(14)16-7/h5-9,12-13H,4H2,1-3H3. The SMILES string of the molecule is COC1C(=O)OC2C(C(O)CO)OC(C)(C)OC12. The van der Waals surface area contributed by atoms with Crippen molar-refractivity contribution in [3.63, 3.8) is 0 Å². The third-order valence-electron chi connectivity index (χ3n) is 3.09. The Kier molecular flexibility index (Phi) is 3.61. The van der Waals surface area contributed by atoms with Gasteiger partial charge in [-0.05, 0) is 13.8 Å². The molecule has 2 rings (SSSR count). The van der Waals surface area contributed by atoms with E-state index in [4.69, 9.17) is 24.1 Å². The zero-order chi connectivity index (χ0) is 13.5. The first-order valence-corrected chi connectivity index (χ1v) is 5.77. The minimum Gasteiger partial charge on any atom is -0.455 e. The van der Waals surface area contributed by atoms with Crippen LogP contribution in [0.15, 0.2) is 0 Å². The van der Waals surface area contributed by atoms with Crippen LogP contribution in [0.3, 0.4) is 0 Å². The fraction of sp³-hybridized carbons (Fsp3) is 0.909. The van der Waals surface area contributed by atoms with Crippen LogP contribution < -0.4 is 0 Å². The summed E-state index contributed by atoms with van der Waals surface area (Å²) in [6.07, 6.45) is -4.27. The molecule has 0 bridgehead atoms. The van der Waals surface area contributed by atoms with E-state index in [1.54, 1.807) is 13.8 Å². The van der Waals surface area contributed by atoms with E-state index in [9.17, 15) is 9.90 Å². The highest BCUT2D eigenvalue weighted by Crippen LogP contribution is 2.36. The first kappa shape index (κ1) is 13.7. The fourth-order valence-corrected chi connectivity index (χ4v) is 2.34. The van der Waals surface area contributed by atoms with Crippen molar-refractivity contribution < 1.29 is 34.0 Å². The highest BCUT2D eigenvalue weighted by atomic mass is 16.8. The molecule has 0 aromatic rings. The number of carbonyl (C=O) groups excluding carboxylic acids is 1. The van der Waals surface area contributed by atoms with Gasteiger partial charge in [0.25, 0.3) is 0 Å². The van der Waals surface area contributed by atoms with Crippen molar-refractivity contribution in [2.45, 2.75) is 50.2 Å². The summed E-state index contributed by atoms with van der Waals surface area (Å²) in [6.45, 7) is 2.84. The predicted molar refractivity (Wildman–Crippen MR) is 57.6 cm³/mol. The van der Waals surface area contributed by atoms with Crippen molar-refractivity contribution in [2.75, 3.05) is 13.7 Å². The van der Waals surface area contributed by atoms with E-state index in [0.29, 0.717) is 0 Å². The maximum Gasteiger partial charge on any atom is 0.338 e. The summed E-state index contributed by atoms with van der Waals surface area (Å²) >= 11 is 0. The lowest BCUT2D eigenvalue weighted by Crippen LogP contribution is -2.59. The molecule has 0 radical (unpaired) electrons. The summed E-state index contributed by atoms with van der Waals surface area (Å²) < 4.78 is 21.3. The van der Waals surface area contributed by atoms with Crippen LogP contribution in [0, 0.1) is 0 Å². The minimum atomic E-state index is -1.15. The second kappa shape index (κ2) is 4.75. The van der Waals surface area contributed by atoms with Gasteiger partial charge in [-0.1, -0.05) is 0 Å². The lowest BCUT2D eigenvalue weighted by molar-refractivity contribution is -0.341. The van der Waals surface area contributed by atoms with E-state index >= 15 is 0 Å². The summed E-state index contributed by atoms with van der Waals surface area (Å²) in [5, 5.41) is 18.8. The fourth-order valence-electron chi connectivity index (χ4n) is 2.34. The number of aliphatic hydroxyl groups is 2. The van der Waals surface area contributed by atoms with Crippen LogP contribution in [0.25, 0.3) is 0 Å². The van der Waals surface area contributed by atoms with E-state index in [1.807, 2.05) is 0 Å². The van der Waals surface area contributed by atoms with Gasteiger partial charge in [-0.15, -0.1) is 0 Å². The number of aliphatic hydroxyl groups excluding tert-OH is 2. The Bertz CT molecular complexity index is 329. The Hall–Kier alpha value is -0.730. The molecular weight excluding hydrogens is 244 g/mol. The third-order valence-corrected chi connectivity index (χ3v) is 3.09. The molecule has 0 aromatic heterocycles. The van der Waals surface area contributed by atoms with Gasteiger partial charge in [0.2, 0.25) is 0 Å². The molecule has 5 atom stereocenters. The number of hydrogen-bond donors (Lipinski definition) is 2. The highest BCUT2D eigenvalue weighted by molar-refractivity contribution is 5.78. The summed E-state index contributed by atoms with van der Waals surface area (Å²) in [4.78, 5) is 11.6. The largest absolute Gasteiger partial charge is 0.455 e. The monoisotopic (exact) mass is 262 g/mol. The molecule has 0 saturated carbocycles. The molecule has 7 heteroatoms. The summed E-state index contributed by atoms with van der Waals surface area (Å²) in [5.74, 6) is -1.55. The third kappa shape index (κ3) is 2.24. The number of rotatable bonds is 3. The Balaban J connectivity index is 2.25. The lowest BCUT2D eigenvalue weighted by atomic mass is 9.99. The van der Waals surface area contributed by atoms with Crippen molar-refractivity contribution in [3.8, 4) is 0 Å². The van der Waals surface area contributed by atoms with Crippen LogP contribution in [-0.2, 0) is 23.7 Å². The zero-order valence-electron chi connectivity index (χ0n) is 10.5. The molecule has 0 spiro atoms. The van der Waals surface area contributed by atoms with Crippen molar-refractivity contribution >= 4 is 5.97 Å². The second-order valence-electron chi connectivity index (χ2n) is 4.87. The van der Waals surface area contributed by atoms with Crippen LogP contribution >= 0.6 is 0 Å². The first-order chi connectivity index (χ1) is 8.39. The van der Waals surface area contributed by atoms with Gasteiger partial charge in [-0.3, -0.25) is 0 Å². The van der Waals surface area contributed by atoms with E-state index in [-0.39, 0.29) is 0 Å². The number of carbonyl (C=O) groups is 1. The zero-order valence-corrected chi connectivity index (χ0v) is 10.5. The van der Waals surface area contributed by atoms with E-state index < -0.39 is 48.9 Å². The molecular formula is C11H18O7. The molecule has 0 amide bonds. The molecule has 2 fully saturated rings. The maximum atomic E-state index is 11.6. The number of methoxy groups -OCH3 is 1.